The highest BCUT2D eigenvalue weighted by Crippen LogP contribution is 2.26. The molecule has 0 bridgehead atoms. The van der Waals surface area contributed by atoms with Crippen LogP contribution < -0.4 is 5.73 Å². The lowest BCUT2D eigenvalue weighted by atomic mass is 10.1. The molecule has 2 aromatic carbocycles. The molecular weight excluding hydrogens is 274 g/mol. The number of nitrogens with one attached hydrogen (secondary N) is 1. The van der Waals surface area contributed by atoms with Gasteiger partial charge >= 0.3 is 0 Å². The van der Waals surface area contributed by atoms with Gasteiger partial charge in [0.15, 0.2) is 0 Å². The molecule has 0 aliphatic heterocycles. The van der Waals surface area contributed by atoms with E-state index in [2.05, 4.69) is 4.98 Å². The van der Waals surface area contributed by atoms with Crippen LogP contribution in [0.25, 0.3) is 21.8 Å². The molecule has 4 heteroatoms. The monoisotopic (exact) mass is 289 g/mol. The number of fused-ring (bicyclic) bond motifs is 2. The van der Waals surface area contributed by atoms with Gasteiger partial charge in [0.05, 0.1) is 5.52 Å². The van der Waals surface area contributed by atoms with Gasteiger partial charge in [0.1, 0.15) is 0 Å². The van der Waals surface area contributed by atoms with E-state index >= 15 is 0 Å². The Morgan fingerprint density at radius 3 is 2.86 bits per heavy atom. The molecule has 4 nitrogen and oxygen atoms in total. The SMILES string of the molecule is Cc1cc2c(N)cccc2n1C(=O)c1ccc2[nH]ccc2c1. The van der Waals surface area contributed by atoms with Crippen LogP contribution >= 0.6 is 0 Å². The average molecular weight is 289 g/mol. The van der Waals surface area contributed by atoms with E-state index in [9.17, 15) is 4.79 Å². The van der Waals surface area contributed by atoms with Crippen LogP contribution in [-0.4, -0.2) is 15.5 Å². The van der Waals surface area contributed by atoms with E-state index in [-0.39, 0.29) is 5.91 Å². The van der Waals surface area contributed by atoms with Crippen molar-refractivity contribution in [2.75, 3.05) is 5.73 Å². The fourth-order valence-electron chi connectivity index (χ4n) is 2.97. The van der Waals surface area contributed by atoms with Gasteiger partial charge in [-0.1, -0.05) is 6.07 Å². The normalized spacial score (nSPS) is 11.3. The Hall–Kier alpha value is -3.01. The van der Waals surface area contributed by atoms with Crippen molar-refractivity contribution in [3.8, 4) is 0 Å². The number of aromatic nitrogens is 2. The molecule has 4 aromatic rings. The number of hydrogen-bond donors (Lipinski definition) is 2. The fourth-order valence-corrected chi connectivity index (χ4v) is 2.97. The van der Waals surface area contributed by atoms with Crippen LogP contribution in [-0.2, 0) is 0 Å². The maximum Gasteiger partial charge on any atom is 0.262 e. The highest BCUT2D eigenvalue weighted by molar-refractivity contribution is 6.06. The van der Waals surface area contributed by atoms with Gasteiger partial charge in [-0.15, -0.1) is 0 Å². The van der Waals surface area contributed by atoms with Crippen molar-refractivity contribution in [3.63, 3.8) is 0 Å². The molecule has 0 aliphatic carbocycles. The van der Waals surface area contributed by atoms with E-state index in [4.69, 9.17) is 5.73 Å². The van der Waals surface area contributed by atoms with Crippen molar-refractivity contribution in [2.24, 2.45) is 0 Å². The molecule has 2 heterocycles. The number of benzene rings is 2. The molecule has 3 N–H and O–H groups in total. The number of carbonyl (C=O) groups excluding carboxylic acids is 1. The van der Waals surface area contributed by atoms with E-state index in [1.807, 2.05) is 61.7 Å². The second kappa shape index (κ2) is 4.49. The molecule has 0 atom stereocenters. The van der Waals surface area contributed by atoms with Crippen LogP contribution in [0.1, 0.15) is 16.1 Å². The zero-order chi connectivity index (χ0) is 15.3. The largest absolute Gasteiger partial charge is 0.398 e. The maximum absolute atomic E-state index is 12.9. The first-order valence-corrected chi connectivity index (χ1v) is 7.13. The summed E-state index contributed by atoms with van der Waals surface area (Å²) in [4.78, 5) is 16.1. The lowest BCUT2D eigenvalue weighted by molar-refractivity contribution is 0.0963. The first kappa shape index (κ1) is 12.7. The number of H-pyrrole nitrogens is 1. The van der Waals surface area contributed by atoms with Gasteiger partial charge in [-0.3, -0.25) is 9.36 Å². The molecule has 0 amide bonds. The molecule has 108 valence electrons. The first-order chi connectivity index (χ1) is 10.6. The Bertz CT molecular complexity index is 1020. The Morgan fingerprint density at radius 2 is 2.00 bits per heavy atom. The quantitative estimate of drug-likeness (QED) is 0.525. The minimum Gasteiger partial charge on any atom is -0.398 e. The third-order valence-electron chi connectivity index (χ3n) is 4.07. The second-order valence-corrected chi connectivity index (χ2v) is 5.49. The summed E-state index contributed by atoms with van der Waals surface area (Å²) in [5, 5.41) is 1.94. The lowest BCUT2D eigenvalue weighted by Gasteiger charge is -2.07. The number of anilines is 1. The lowest BCUT2D eigenvalue weighted by Crippen LogP contribution is -2.13. The molecule has 22 heavy (non-hydrogen) atoms. The van der Waals surface area contributed by atoms with Gasteiger partial charge < -0.3 is 10.7 Å². The predicted molar refractivity (Wildman–Crippen MR) is 89.1 cm³/mol. The first-order valence-electron chi connectivity index (χ1n) is 7.13. The summed E-state index contributed by atoms with van der Waals surface area (Å²) in [6, 6.07) is 15.2. The van der Waals surface area contributed by atoms with Crippen LogP contribution in [0.5, 0.6) is 0 Å². The fraction of sp³-hybridized carbons (Fsp3) is 0.0556. The van der Waals surface area contributed by atoms with Gasteiger partial charge in [0.25, 0.3) is 5.91 Å². The topological polar surface area (TPSA) is 63.8 Å². The van der Waals surface area contributed by atoms with Crippen molar-refractivity contribution in [2.45, 2.75) is 6.92 Å². The summed E-state index contributed by atoms with van der Waals surface area (Å²) in [7, 11) is 0. The van der Waals surface area contributed by atoms with Gasteiger partial charge in [-0.05, 0) is 49.4 Å². The minimum absolute atomic E-state index is 0.0406. The second-order valence-electron chi connectivity index (χ2n) is 5.49. The number of nitrogen functional groups attached to an aromatic ring is 1. The number of rotatable bonds is 1. The predicted octanol–water partition coefficient (Wildman–Crippen LogP) is 3.70. The molecule has 0 radical (unpaired) electrons. The van der Waals surface area contributed by atoms with E-state index in [0.29, 0.717) is 11.3 Å². The van der Waals surface area contributed by atoms with Crippen LogP contribution in [0.4, 0.5) is 5.69 Å². The summed E-state index contributed by atoms with van der Waals surface area (Å²) >= 11 is 0. The maximum atomic E-state index is 12.9. The smallest absolute Gasteiger partial charge is 0.262 e. The highest BCUT2D eigenvalue weighted by atomic mass is 16.2. The summed E-state index contributed by atoms with van der Waals surface area (Å²) in [5.41, 5.74) is 10.1. The summed E-state index contributed by atoms with van der Waals surface area (Å²) in [6.07, 6.45) is 1.87. The molecule has 4 rings (SSSR count). The third kappa shape index (κ3) is 1.74. The average Bonchev–Trinajstić information content (AvgIpc) is 3.10. The van der Waals surface area contributed by atoms with Gasteiger partial charge in [0.2, 0.25) is 0 Å². The van der Waals surface area contributed by atoms with Crippen molar-refractivity contribution in [3.05, 3.63) is 66.0 Å². The number of aromatic amines is 1. The third-order valence-corrected chi connectivity index (χ3v) is 4.07. The Kier molecular flexibility index (Phi) is 2.60. The number of aryl methyl sites for hydroxylation is 1. The van der Waals surface area contributed by atoms with Crippen LogP contribution in [0.3, 0.4) is 0 Å². The van der Waals surface area contributed by atoms with Crippen LogP contribution in [0, 0.1) is 6.92 Å². The summed E-state index contributed by atoms with van der Waals surface area (Å²) in [5.74, 6) is -0.0406. The standard InChI is InChI=1S/C18H15N3O/c1-11-9-14-15(19)3-2-4-17(14)21(11)18(22)13-5-6-16-12(10-13)7-8-20-16/h2-10,20H,19H2,1H3. The van der Waals surface area contributed by atoms with Crippen molar-refractivity contribution in [1.82, 2.24) is 9.55 Å². The van der Waals surface area contributed by atoms with Crippen molar-refractivity contribution in [1.29, 1.82) is 0 Å². The Balaban J connectivity index is 1.92. The van der Waals surface area contributed by atoms with Crippen LogP contribution in [0.2, 0.25) is 0 Å². The molecule has 0 unspecified atom stereocenters. The minimum atomic E-state index is -0.0406. The molecular formula is C18H15N3O. The van der Waals surface area contributed by atoms with Gasteiger partial charge in [-0.25, -0.2) is 0 Å². The zero-order valence-corrected chi connectivity index (χ0v) is 12.1. The number of carbonyl (C=O) groups is 1. The van der Waals surface area contributed by atoms with E-state index in [1.54, 1.807) is 4.57 Å². The van der Waals surface area contributed by atoms with E-state index < -0.39 is 0 Å². The van der Waals surface area contributed by atoms with Crippen molar-refractivity contribution >= 4 is 33.4 Å². The molecule has 0 saturated carbocycles. The van der Waals surface area contributed by atoms with Gasteiger partial charge in [0, 0.05) is 39.4 Å². The van der Waals surface area contributed by atoms with Crippen molar-refractivity contribution < 1.29 is 4.79 Å². The van der Waals surface area contributed by atoms with Gasteiger partial charge in [-0.2, -0.15) is 0 Å². The summed E-state index contributed by atoms with van der Waals surface area (Å²) < 4.78 is 1.72. The number of nitrogens with zero attached hydrogens (tertiary/aromatic N) is 1. The molecule has 0 spiro atoms. The summed E-state index contributed by atoms with van der Waals surface area (Å²) in [6.45, 7) is 1.92. The molecule has 0 saturated heterocycles. The molecule has 0 aliphatic rings. The zero-order valence-electron chi connectivity index (χ0n) is 12.1. The molecule has 2 aromatic heterocycles. The van der Waals surface area contributed by atoms with E-state index in [0.717, 1.165) is 27.5 Å². The van der Waals surface area contributed by atoms with E-state index in [1.165, 1.54) is 0 Å². The Morgan fingerprint density at radius 1 is 1.14 bits per heavy atom. The van der Waals surface area contributed by atoms with Crippen LogP contribution in [0.15, 0.2) is 54.7 Å². The number of nitrogens with two attached hydrogens (primary N) is 1. The highest BCUT2D eigenvalue weighted by Gasteiger charge is 2.16. The molecule has 0 fully saturated rings. The Labute approximate surface area is 127 Å². The number of hydrogen-bond acceptors (Lipinski definition) is 2.